The fourth-order valence-electron chi connectivity index (χ4n) is 2.74. The van der Waals surface area contributed by atoms with Gasteiger partial charge in [0.05, 0.1) is 0 Å². The van der Waals surface area contributed by atoms with Crippen molar-refractivity contribution < 1.29 is 9.32 Å². The van der Waals surface area contributed by atoms with Crippen LogP contribution in [0.2, 0.25) is 0 Å². The van der Waals surface area contributed by atoms with Crippen molar-refractivity contribution in [3.05, 3.63) is 64.5 Å². The summed E-state index contributed by atoms with van der Waals surface area (Å²) in [6, 6.07) is 11.2. The number of nitrogens with one attached hydrogen (secondary N) is 1. The van der Waals surface area contributed by atoms with Gasteiger partial charge in [-0.25, -0.2) is 0 Å². The normalized spacial score (nSPS) is 10.7. The van der Waals surface area contributed by atoms with Crippen molar-refractivity contribution in [3.8, 4) is 11.5 Å². The van der Waals surface area contributed by atoms with Crippen LogP contribution in [0.3, 0.4) is 0 Å². The Bertz CT molecular complexity index is 872. The molecule has 1 heterocycles. The zero-order valence-corrected chi connectivity index (χ0v) is 14.2. The third kappa shape index (κ3) is 3.20. The molecule has 5 heteroatoms. The quantitative estimate of drug-likeness (QED) is 0.784. The van der Waals surface area contributed by atoms with Gasteiger partial charge >= 0.3 is 0 Å². The fraction of sp³-hybridized carbons (Fsp3) is 0.211. The van der Waals surface area contributed by atoms with Crippen LogP contribution in [-0.2, 0) is 0 Å². The summed E-state index contributed by atoms with van der Waals surface area (Å²) in [6.45, 7) is 7.80. The van der Waals surface area contributed by atoms with Crippen LogP contribution in [0.1, 0.15) is 32.9 Å². The first-order valence-electron chi connectivity index (χ1n) is 7.74. The second-order valence-corrected chi connectivity index (χ2v) is 5.95. The topological polar surface area (TPSA) is 68.0 Å². The average Bonchev–Trinajstić information content (AvgIpc) is 2.97. The zero-order chi connectivity index (χ0) is 17.3. The molecule has 5 nitrogen and oxygen atoms in total. The number of carbonyl (C=O) groups excluding carboxylic acids is 1. The van der Waals surface area contributed by atoms with Gasteiger partial charge in [0, 0.05) is 16.8 Å². The molecule has 1 amide bonds. The lowest BCUT2D eigenvalue weighted by molar-refractivity contribution is 0.102. The van der Waals surface area contributed by atoms with E-state index in [0.717, 1.165) is 22.4 Å². The molecule has 0 aliphatic heterocycles. The number of hydrogen-bond acceptors (Lipinski definition) is 4. The highest BCUT2D eigenvalue weighted by molar-refractivity contribution is 6.05. The van der Waals surface area contributed by atoms with Crippen molar-refractivity contribution in [2.75, 3.05) is 5.32 Å². The second kappa shape index (κ2) is 6.28. The molecular weight excluding hydrogens is 302 g/mol. The van der Waals surface area contributed by atoms with Crippen LogP contribution >= 0.6 is 0 Å². The summed E-state index contributed by atoms with van der Waals surface area (Å²) < 4.78 is 5.13. The number of nitrogens with zero attached hydrogens (tertiary/aromatic N) is 2. The summed E-state index contributed by atoms with van der Waals surface area (Å²) in [6.07, 6.45) is 0. The first kappa shape index (κ1) is 15.9. The molecule has 0 unspecified atom stereocenters. The highest BCUT2D eigenvalue weighted by Gasteiger charge is 2.12. The Balaban J connectivity index is 1.81. The van der Waals surface area contributed by atoms with Gasteiger partial charge in [0.1, 0.15) is 0 Å². The maximum absolute atomic E-state index is 12.5. The molecule has 0 saturated heterocycles. The minimum Gasteiger partial charge on any atom is -0.334 e. The predicted octanol–water partition coefficient (Wildman–Crippen LogP) is 4.22. The smallest absolute Gasteiger partial charge is 0.257 e. The van der Waals surface area contributed by atoms with Crippen molar-refractivity contribution in [3.63, 3.8) is 0 Å². The molecule has 1 N–H and O–H groups in total. The van der Waals surface area contributed by atoms with E-state index in [4.69, 9.17) is 4.52 Å². The molecule has 24 heavy (non-hydrogen) atoms. The number of amides is 1. The minimum atomic E-state index is -0.140. The van der Waals surface area contributed by atoms with Crippen molar-refractivity contribution in [2.45, 2.75) is 27.7 Å². The molecule has 0 aliphatic carbocycles. The Hall–Kier alpha value is -2.95. The number of hydrogen-bond donors (Lipinski definition) is 1. The lowest BCUT2D eigenvalue weighted by Gasteiger charge is -2.13. The lowest BCUT2D eigenvalue weighted by Crippen LogP contribution is -2.13. The number of aromatic nitrogens is 2. The maximum Gasteiger partial charge on any atom is 0.257 e. The summed E-state index contributed by atoms with van der Waals surface area (Å²) in [7, 11) is 0. The van der Waals surface area contributed by atoms with E-state index in [1.807, 2.05) is 20.8 Å². The van der Waals surface area contributed by atoms with E-state index < -0.39 is 0 Å². The van der Waals surface area contributed by atoms with E-state index in [2.05, 4.69) is 27.6 Å². The Morgan fingerprint density at radius 2 is 1.62 bits per heavy atom. The Morgan fingerprint density at radius 1 is 1.00 bits per heavy atom. The van der Waals surface area contributed by atoms with Crippen LogP contribution in [0.5, 0.6) is 0 Å². The van der Waals surface area contributed by atoms with Gasteiger partial charge in [-0.05, 0) is 63.1 Å². The summed E-state index contributed by atoms with van der Waals surface area (Å²) in [5, 5.41) is 6.76. The van der Waals surface area contributed by atoms with E-state index in [1.54, 1.807) is 31.2 Å². The number of benzene rings is 2. The van der Waals surface area contributed by atoms with Crippen molar-refractivity contribution in [1.82, 2.24) is 10.1 Å². The second-order valence-electron chi connectivity index (χ2n) is 5.95. The summed E-state index contributed by atoms with van der Waals surface area (Å²) in [5.74, 6) is 0.889. The van der Waals surface area contributed by atoms with E-state index in [9.17, 15) is 4.79 Å². The van der Waals surface area contributed by atoms with E-state index in [0.29, 0.717) is 17.3 Å². The number of aryl methyl sites for hydroxylation is 4. The average molecular weight is 321 g/mol. The van der Waals surface area contributed by atoms with Gasteiger partial charge in [-0.15, -0.1) is 0 Å². The summed E-state index contributed by atoms with van der Waals surface area (Å²) >= 11 is 0. The molecule has 3 aromatic rings. The third-order valence-electron chi connectivity index (χ3n) is 3.84. The molecule has 0 spiro atoms. The molecule has 0 atom stereocenters. The summed E-state index contributed by atoms with van der Waals surface area (Å²) in [5.41, 5.74) is 5.52. The highest BCUT2D eigenvalue weighted by atomic mass is 16.5. The zero-order valence-electron chi connectivity index (χ0n) is 14.2. The molecule has 0 fully saturated rings. The minimum absolute atomic E-state index is 0.140. The largest absolute Gasteiger partial charge is 0.334 e. The molecule has 0 bridgehead atoms. The Kier molecular flexibility index (Phi) is 4.16. The van der Waals surface area contributed by atoms with Crippen LogP contribution < -0.4 is 5.32 Å². The Morgan fingerprint density at radius 3 is 2.17 bits per heavy atom. The van der Waals surface area contributed by atoms with Gasteiger partial charge in [-0.1, -0.05) is 22.9 Å². The molecule has 0 aliphatic rings. The van der Waals surface area contributed by atoms with Gasteiger partial charge in [0.25, 0.3) is 11.8 Å². The van der Waals surface area contributed by atoms with Crippen LogP contribution in [0, 0.1) is 27.7 Å². The van der Waals surface area contributed by atoms with Crippen molar-refractivity contribution in [2.24, 2.45) is 0 Å². The predicted molar refractivity (Wildman–Crippen MR) is 93.1 cm³/mol. The van der Waals surface area contributed by atoms with Crippen LogP contribution in [0.4, 0.5) is 5.69 Å². The number of rotatable bonds is 3. The van der Waals surface area contributed by atoms with Crippen LogP contribution in [-0.4, -0.2) is 16.0 Å². The number of anilines is 1. The molecule has 0 saturated carbocycles. The molecule has 2 aromatic carbocycles. The van der Waals surface area contributed by atoms with E-state index >= 15 is 0 Å². The first-order valence-corrected chi connectivity index (χ1v) is 7.74. The molecular formula is C19H19N3O2. The van der Waals surface area contributed by atoms with Crippen molar-refractivity contribution >= 4 is 11.6 Å². The van der Waals surface area contributed by atoms with Crippen LogP contribution in [0.25, 0.3) is 11.5 Å². The number of carbonyl (C=O) groups is 1. The molecule has 3 rings (SSSR count). The molecule has 0 radical (unpaired) electrons. The van der Waals surface area contributed by atoms with Gasteiger partial charge in [0.2, 0.25) is 0 Å². The standard InChI is InChI=1S/C19H19N3O2/c1-11-9-12(2)17(13(3)10-11)21-18(23)15-5-7-16(8-6-15)19-20-14(4)22-24-19/h5-10H,1-4H3,(H,21,23). The SMILES string of the molecule is Cc1cc(C)c(NC(=O)c2ccc(-c3nc(C)no3)cc2)c(C)c1. The van der Waals surface area contributed by atoms with Gasteiger partial charge in [-0.3, -0.25) is 4.79 Å². The van der Waals surface area contributed by atoms with Gasteiger partial charge < -0.3 is 9.84 Å². The molecule has 122 valence electrons. The van der Waals surface area contributed by atoms with Gasteiger partial charge in [0.15, 0.2) is 5.82 Å². The van der Waals surface area contributed by atoms with Crippen molar-refractivity contribution in [1.29, 1.82) is 0 Å². The van der Waals surface area contributed by atoms with Crippen LogP contribution in [0.15, 0.2) is 40.9 Å². The fourth-order valence-corrected chi connectivity index (χ4v) is 2.74. The Labute approximate surface area is 140 Å². The van der Waals surface area contributed by atoms with E-state index in [1.165, 1.54) is 5.56 Å². The summed E-state index contributed by atoms with van der Waals surface area (Å²) in [4.78, 5) is 16.7. The maximum atomic E-state index is 12.5. The van der Waals surface area contributed by atoms with Gasteiger partial charge in [-0.2, -0.15) is 4.98 Å². The lowest BCUT2D eigenvalue weighted by atomic mass is 10.0. The van der Waals surface area contributed by atoms with E-state index in [-0.39, 0.29) is 5.91 Å². The third-order valence-corrected chi connectivity index (χ3v) is 3.84. The highest BCUT2D eigenvalue weighted by Crippen LogP contribution is 2.23. The molecule has 1 aromatic heterocycles. The first-order chi connectivity index (χ1) is 11.4. The monoisotopic (exact) mass is 321 g/mol.